The highest BCUT2D eigenvalue weighted by Crippen LogP contribution is 2.18. The van der Waals surface area contributed by atoms with Crippen LogP contribution in [0, 0.1) is 13.8 Å². The quantitative estimate of drug-likeness (QED) is 0.741. The van der Waals surface area contributed by atoms with Crippen molar-refractivity contribution in [1.29, 1.82) is 0 Å². The summed E-state index contributed by atoms with van der Waals surface area (Å²) in [5.41, 5.74) is 8.15. The zero-order chi connectivity index (χ0) is 12.7. The molecule has 0 radical (unpaired) electrons. The normalized spacial score (nSPS) is 12.5. The highest BCUT2D eigenvalue weighted by Gasteiger charge is 2.01. The molecule has 3 heteroatoms. The Morgan fingerprint density at radius 1 is 1.24 bits per heavy atom. The van der Waals surface area contributed by atoms with E-state index < -0.39 is 0 Å². The molecule has 96 valence electrons. The highest BCUT2D eigenvalue weighted by atomic mass is 16.5. The fraction of sp³-hybridized carbons (Fsp3) is 0.571. The summed E-state index contributed by atoms with van der Waals surface area (Å²) in [7, 11) is 0. The van der Waals surface area contributed by atoms with Gasteiger partial charge in [-0.05, 0) is 31.9 Å². The van der Waals surface area contributed by atoms with E-state index in [0.29, 0.717) is 19.8 Å². The van der Waals surface area contributed by atoms with E-state index in [2.05, 4.69) is 32.9 Å². The maximum absolute atomic E-state index is 5.74. The summed E-state index contributed by atoms with van der Waals surface area (Å²) in [6.45, 7) is 7.94. The van der Waals surface area contributed by atoms with E-state index in [1.807, 2.05) is 6.07 Å². The first-order valence-electron chi connectivity index (χ1n) is 6.17. The van der Waals surface area contributed by atoms with Crippen molar-refractivity contribution in [2.45, 2.75) is 33.2 Å². The van der Waals surface area contributed by atoms with Gasteiger partial charge in [0.1, 0.15) is 12.4 Å². The van der Waals surface area contributed by atoms with Crippen LogP contribution in [0.5, 0.6) is 5.75 Å². The molecule has 0 heterocycles. The molecule has 2 N–H and O–H groups in total. The van der Waals surface area contributed by atoms with E-state index in [1.54, 1.807) is 0 Å². The third-order valence-corrected chi connectivity index (χ3v) is 2.67. The van der Waals surface area contributed by atoms with Gasteiger partial charge in [-0.3, -0.25) is 0 Å². The lowest BCUT2D eigenvalue weighted by molar-refractivity contribution is 0.0895. The molecule has 0 aliphatic rings. The van der Waals surface area contributed by atoms with E-state index in [-0.39, 0.29) is 6.04 Å². The Morgan fingerprint density at radius 2 is 2.00 bits per heavy atom. The molecular weight excluding hydrogens is 214 g/mol. The highest BCUT2D eigenvalue weighted by molar-refractivity contribution is 5.35. The van der Waals surface area contributed by atoms with Crippen molar-refractivity contribution in [3.05, 3.63) is 29.3 Å². The Balaban J connectivity index is 2.22. The van der Waals surface area contributed by atoms with Crippen LogP contribution in [0.1, 0.15) is 24.5 Å². The van der Waals surface area contributed by atoms with E-state index >= 15 is 0 Å². The number of hydrogen-bond acceptors (Lipinski definition) is 3. The minimum atomic E-state index is 0.135. The van der Waals surface area contributed by atoms with Crippen molar-refractivity contribution in [2.75, 3.05) is 19.8 Å². The lowest BCUT2D eigenvalue weighted by Crippen LogP contribution is -2.26. The predicted molar refractivity (Wildman–Crippen MR) is 70.5 cm³/mol. The minimum Gasteiger partial charge on any atom is -0.491 e. The zero-order valence-corrected chi connectivity index (χ0v) is 11.0. The second-order valence-electron chi connectivity index (χ2n) is 4.36. The summed E-state index contributed by atoms with van der Waals surface area (Å²) in [6.07, 6.45) is 0.942. The fourth-order valence-electron chi connectivity index (χ4n) is 1.52. The molecule has 1 atom stereocenters. The summed E-state index contributed by atoms with van der Waals surface area (Å²) < 4.78 is 11.1. The SMILES string of the molecule is CCC(N)COCCOc1ccc(C)cc1C. The first kappa shape index (κ1) is 14.0. The van der Waals surface area contributed by atoms with Gasteiger partial charge in [0.05, 0.1) is 13.2 Å². The van der Waals surface area contributed by atoms with E-state index in [1.165, 1.54) is 5.56 Å². The molecule has 0 amide bonds. The maximum atomic E-state index is 5.74. The van der Waals surface area contributed by atoms with Crippen LogP contribution in [-0.4, -0.2) is 25.9 Å². The summed E-state index contributed by atoms with van der Waals surface area (Å²) in [5.74, 6) is 0.930. The summed E-state index contributed by atoms with van der Waals surface area (Å²) in [4.78, 5) is 0. The Kier molecular flexibility index (Phi) is 6.01. The monoisotopic (exact) mass is 237 g/mol. The van der Waals surface area contributed by atoms with Crippen LogP contribution < -0.4 is 10.5 Å². The molecule has 3 nitrogen and oxygen atoms in total. The van der Waals surface area contributed by atoms with Crippen molar-refractivity contribution in [1.82, 2.24) is 0 Å². The third-order valence-electron chi connectivity index (χ3n) is 2.67. The lowest BCUT2D eigenvalue weighted by atomic mass is 10.1. The molecule has 1 aromatic rings. The van der Waals surface area contributed by atoms with Crippen molar-refractivity contribution in [3.8, 4) is 5.75 Å². The molecule has 0 aliphatic carbocycles. The molecule has 1 unspecified atom stereocenters. The molecule has 1 aromatic carbocycles. The standard InChI is InChI=1S/C14H23NO2/c1-4-13(15)10-16-7-8-17-14-6-5-11(2)9-12(14)3/h5-6,9,13H,4,7-8,10,15H2,1-3H3. The molecule has 0 aromatic heterocycles. The first-order chi connectivity index (χ1) is 8.13. The molecular formula is C14H23NO2. The lowest BCUT2D eigenvalue weighted by Gasteiger charge is -2.12. The molecule has 0 aliphatic heterocycles. The molecule has 1 rings (SSSR count). The minimum absolute atomic E-state index is 0.135. The predicted octanol–water partition coefficient (Wildman–Crippen LogP) is 2.44. The second-order valence-corrected chi connectivity index (χ2v) is 4.36. The number of hydrogen-bond donors (Lipinski definition) is 1. The van der Waals surface area contributed by atoms with Gasteiger partial charge in [-0.25, -0.2) is 0 Å². The van der Waals surface area contributed by atoms with Gasteiger partial charge in [0.25, 0.3) is 0 Å². The number of benzene rings is 1. The topological polar surface area (TPSA) is 44.5 Å². The number of rotatable bonds is 7. The Hall–Kier alpha value is -1.06. The number of ether oxygens (including phenoxy) is 2. The van der Waals surface area contributed by atoms with Gasteiger partial charge in [-0.1, -0.05) is 24.6 Å². The van der Waals surface area contributed by atoms with Crippen LogP contribution in [0.25, 0.3) is 0 Å². The van der Waals surface area contributed by atoms with Crippen LogP contribution in [0.3, 0.4) is 0 Å². The Bertz CT molecular complexity index is 339. The van der Waals surface area contributed by atoms with Gasteiger partial charge >= 0.3 is 0 Å². The van der Waals surface area contributed by atoms with Crippen LogP contribution >= 0.6 is 0 Å². The van der Waals surface area contributed by atoms with Gasteiger partial charge < -0.3 is 15.2 Å². The van der Waals surface area contributed by atoms with Crippen molar-refractivity contribution < 1.29 is 9.47 Å². The van der Waals surface area contributed by atoms with Gasteiger partial charge in [-0.15, -0.1) is 0 Å². The van der Waals surface area contributed by atoms with Gasteiger partial charge in [0.15, 0.2) is 0 Å². The van der Waals surface area contributed by atoms with Crippen molar-refractivity contribution >= 4 is 0 Å². The average molecular weight is 237 g/mol. The maximum Gasteiger partial charge on any atom is 0.122 e. The smallest absolute Gasteiger partial charge is 0.122 e. The third kappa shape index (κ3) is 5.20. The number of nitrogens with two attached hydrogens (primary N) is 1. The number of aryl methyl sites for hydroxylation is 2. The van der Waals surface area contributed by atoms with E-state index in [9.17, 15) is 0 Å². The van der Waals surface area contributed by atoms with Crippen LogP contribution in [-0.2, 0) is 4.74 Å². The van der Waals surface area contributed by atoms with Gasteiger partial charge in [0, 0.05) is 6.04 Å². The van der Waals surface area contributed by atoms with Crippen LogP contribution in [0.15, 0.2) is 18.2 Å². The summed E-state index contributed by atoms with van der Waals surface area (Å²) in [5, 5.41) is 0. The molecule has 0 saturated heterocycles. The molecule has 0 fully saturated rings. The van der Waals surface area contributed by atoms with Crippen molar-refractivity contribution in [3.63, 3.8) is 0 Å². The molecule has 0 bridgehead atoms. The van der Waals surface area contributed by atoms with Gasteiger partial charge in [0.2, 0.25) is 0 Å². The Morgan fingerprint density at radius 3 is 2.65 bits per heavy atom. The van der Waals surface area contributed by atoms with Gasteiger partial charge in [-0.2, -0.15) is 0 Å². The Labute approximate surface area is 104 Å². The summed E-state index contributed by atoms with van der Waals surface area (Å²) in [6, 6.07) is 6.30. The van der Waals surface area contributed by atoms with E-state index in [4.69, 9.17) is 15.2 Å². The largest absolute Gasteiger partial charge is 0.491 e. The second kappa shape index (κ2) is 7.30. The first-order valence-corrected chi connectivity index (χ1v) is 6.17. The molecule has 0 spiro atoms. The van der Waals surface area contributed by atoms with E-state index in [0.717, 1.165) is 17.7 Å². The molecule has 0 saturated carbocycles. The fourth-order valence-corrected chi connectivity index (χ4v) is 1.52. The van der Waals surface area contributed by atoms with Crippen LogP contribution in [0.4, 0.5) is 0 Å². The molecule has 17 heavy (non-hydrogen) atoms. The van der Waals surface area contributed by atoms with Crippen molar-refractivity contribution in [2.24, 2.45) is 5.73 Å². The average Bonchev–Trinajstić information content (AvgIpc) is 2.30. The summed E-state index contributed by atoms with van der Waals surface area (Å²) >= 11 is 0. The van der Waals surface area contributed by atoms with Crippen LogP contribution in [0.2, 0.25) is 0 Å². The zero-order valence-electron chi connectivity index (χ0n) is 11.0.